The highest BCUT2D eigenvalue weighted by Gasteiger charge is 2.32. The predicted molar refractivity (Wildman–Crippen MR) is 103 cm³/mol. The summed E-state index contributed by atoms with van der Waals surface area (Å²) in [5.74, 6) is -0.860. The van der Waals surface area contributed by atoms with Gasteiger partial charge in [0, 0.05) is 23.9 Å². The molecule has 1 aliphatic heterocycles. The SMILES string of the molecule is Cc1sc2ncnc(N3CCC(C(=O)NCC(C)(O)C(=O)O)CC3)c2c1C. The number of nitrogens with zero attached hydrogens (tertiary/aromatic N) is 3. The fourth-order valence-corrected chi connectivity index (χ4v) is 4.23. The molecule has 1 atom stereocenters. The Kier molecular flexibility index (Phi) is 5.34. The molecule has 3 rings (SSSR count). The number of aromatic nitrogens is 2. The minimum atomic E-state index is -1.96. The van der Waals surface area contributed by atoms with Gasteiger partial charge in [-0.05, 0) is 39.2 Å². The Balaban J connectivity index is 1.64. The van der Waals surface area contributed by atoms with Crippen LogP contribution in [0.2, 0.25) is 0 Å². The number of hydrogen-bond acceptors (Lipinski definition) is 7. The summed E-state index contributed by atoms with van der Waals surface area (Å²) in [7, 11) is 0. The third kappa shape index (κ3) is 3.89. The number of anilines is 1. The third-order valence-electron chi connectivity index (χ3n) is 5.18. The summed E-state index contributed by atoms with van der Waals surface area (Å²) in [6.07, 6.45) is 2.88. The second-order valence-electron chi connectivity index (χ2n) is 7.22. The van der Waals surface area contributed by atoms with E-state index in [4.69, 9.17) is 5.11 Å². The number of fused-ring (bicyclic) bond motifs is 1. The van der Waals surface area contributed by atoms with Gasteiger partial charge in [0.1, 0.15) is 17.0 Å². The van der Waals surface area contributed by atoms with Crippen LogP contribution < -0.4 is 10.2 Å². The number of aliphatic carboxylic acids is 1. The zero-order chi connectivity index (χ0) is 19.8. The molecule has 1 saturated heterocycles. The Labute approximate surface area is 161 Å². The van der Waals surface area contributed by atoms with Crippen molar-refractivity contribution in [1.29, 1.82) is 0 Å². The lowest BCUT2D eigenvalue weighted by Gasteiger charge is -2.33. The summed E-state index contributed by atoms with van der Waals surface area (Å²) in [6, 6.07) is 0. The summed E-state index contributed by atoms with van der Waals surface area (Å²) in [5, 5.41) is 22.3. The first-order valence-corrected chi connectivity index (χ1v) is 9.71. The van der Waals surface area contributed by atoms with Crippen molar-refractivity contribution >= 4 is 39.2 Å². The third-order valence-corrected chi connectivity index (χ3v) is 6.29. The Bertz CT molecular complexity index is 872. The molecule has 146 valence electrons. The van der Waals surface area contributed by atoms with Gasteiger partial charge in [0.25, 0.3) is 0 Å². The molecule has 3 heterocycles. The van der Waals surface area contributed by atoms with E-state index in [2.05, 4.69) is 34.0 Å². The van der Waals surface area contributed by atoms with Crippen LogP contribution >= 0.6 is 11.3 Å². The lowest BCUT2D eigenvalue weighted by atomic mass is 9.95. The van der Waals surface area contributed by atoms with Gasteiger partial charge in [-0.3, -0.25) is 4.79 Å². The van der Waals surface area contributed by atoms with Gasteiger partial charge in [0.15, 0.2) is 5.60 Å². The van der Waals surface area contributed by atoms with Gasteiger partial charge in [-0.1, -0.05) is 0 Å². The molecule has 0 saturated carbocycles. The first-order valence-electron chi connectivity index (χ1n) is 8.90. The van der Waals surface area contributed by atoms with E-state index in [1.807, 2.05) is 0 Å². The standard InChI is InChI=1S/C18H24N4O4S/c1-10-11(2)27-16-13(10)14(20-9-21-16)22-6-4-12(5-7-22)15(23)19-8-18(3,26)17(24)25/h9,12,26H,4-8H2,1-3H3,(H,19,23)(H,24,25). The van der Waals surface area contributed by atoms with Crippen LogP contribution in [0.3, 0.4) is 0 Å². The van der Waals surface area contributed by atoms with Crippen LogP contribution in [0.25, 0.3) is 10.2 Å². The Morgan fingerprint density at radius 2 is 2.00 bits per heavy atom. The van der Waals surface area contributed by atoms with E-state index in [1.54, 1.807) is 17.7 Å². The van der Waals surface area contributed by atoms with Crippen LogP contribution in [-0.4, -0.2) is 57.3 Å². The highest BCUT2D eigenvalue weighted by atomic mass is 32.1. The first kappa shape index (κ1) is 19.5. The van der Waals surface area contributed by atoms with E-state index in [-0.39, 0.29) is 18.4 Å². The van der Waals surface area contributed by atoms with Crippen molar-refractivity contribution in [2.75, 3.05) is 24.5 Å². The number of aryl methyl sites for hydroxylation is 2. The van der Waals surface area contributed by atoms with Crippen LogP contribution in [0, 0.1) is 19.8 Å². The van der Waals surface area contributed by atoms with Crippen molar-refractivity contribution in [3.05, 3.63) is 16.8 Å². The van der Waals surface area contributed by atoms with E-state index in [1.165, 1.54) is 17.4 Å². The fraction of sp³-hybridized carbons (Fsp3) is 0.556. The van der Waals surface area contributed by atoms with Crippen LogP contribution in [0.4, 0.5) is 5.82 Å². The second-order valence-corrected chi connectivity index (χ2v) is 8.42. The quantitative estimate of drug-likeness (QED) is 0.706. The number of hydrogen-bond donors (Lipinski definition) is 3. The number of piperidine rings is 1. The van der Waals surface area contributed by atoms with Gasteiger partial charge in [-0.2, -0.15) is 0 Å². The van der Waals surface area contributed by atoms with Gasteiger partial charge in [0.2, 0.25) is 5.91 Å². The number of nitrogens with one attached hydrogen (secondary N) is 1. The van der Waals surface area contributed by atoms with Gasteiger partial charge in [0.05, 0.1) is 11.9 Å². The Hall–Kier alpha value is -2.26. The van der Waals surface area contributed by atoms with Crippen molar-refractivity contribution in [3.63, 3.8) is 0 Å². The smallest absolute Gasteiger partial charge is 0.337 e. The molecule has 3 N–H and O–H groups in total. The maximum atomic E-state index is 12.3. The lowest BCUT2D eigenvalue weighted by molar-refractivity contribution is -0.156. The molecule has 1 unspecified atom stereocenters. The van der Waals surface area contributed by atoms with Crippen LogP contribution in [0.15, 0.2) is 6.33 Å². The molecule has 0 spiro atoms. The van der Waals surface area contributed by atoms with Gasteiger partial charge in [-0.15, -0.1) is 11.3 Å². The number of carbonyl (C=O) groups is 2. The highest BCUT2D eigenvalue weighted by Crippen LogP contribution is 2.35. The molecule has 1 amide bonds. The Morgan fingerprint density at radius 1 is 1.33 bits per heavy atom. The minimum absolute atomic E-state index is 0.200. The fourth-order valence-electron chi connectivity index (χ4n) is 3.24. The molecule has 0 aromatic carbocycles. The molecular weight excluding hydrogens is 368 g/mol. The molecule has 1 fully saturated rings. The maximum absolute atomic E-state index is 12.3. The molecule has 0 bridgehead atoms. The molecule has 1 aliphatic rings. The van der Waals surface area contributed by atoms with E-state index in [9.17, 15) is 14.7 Å². The largest absolute Gasteiger partial charge is 0.479 e. The molecule has 2 aromatic heterocycles. The number of carboxylic acids is 1. The summed E-state index contributed by atoms with van der Waals surface area (Å²) in [5.41, 5.74) is -0.765. The van der Waals surface area contributed by atoms with E-state index in [0.717, 1.165) is 16.0 Å². The molecule has 8 nitrogen and oxygen atoms in total. The summed E-state index contributed by atoms with van der Waals surface area (Å²) in [6.45, 7) is 6.40. The van der Waals surface area contributed by atoms with Crippen molar-refractivity contribution in [1.82, 2.24) is 15.3 Å². The topological polar surface area (TPSA) is 116 Å². The number of rotatable bonds is 5. The Morgan fingerprint density at radius 3 is 2.63 bits per heavy atom. The zero-order valence-corrected chi connectivity index (χ0v) is 16.5. The van der Waals surface area contributed by atoms with Gasteiger partial charge in [-0.25, -0.2) is 14.8 Å². The number of carbonyl (C=O) groups excluding carboxylic acids is 1. The molecule has 9 heteroatoms. The summed E-state index contributed by atoms with van der Waals surface area (Å²) >= 11 is 1.66. The average Bonchev–Trinajstić information content (AvgIpc) is 2.94. The molecular formula is C18H24N4O4S. The number of carboxylic acid groups (broad SMARTS) is 1. The zero-order valence-electron chi connectivity index (χ0n) is 15.7. The van der Waals surface area contributed by atoms with E-state index in [0.29, 0.717) is 25.9 Å². The highest BCUT2D eigenvalue weighted by molar-refractivity contribution is 7.18. The van der Waals surface area contributed by atoms with Crippen molar-refractivity contribution in [2.24, 2.45) is 5.92 Å². The van der Waals surface area contributed by atoms with Gasteiger partial charge >= 0.3 is 5.97 Å². The second kappa shape index (κ2) is 7.40. The van der Waals surface area contributed by atoms with E-state index >= 15 is 0 Å². The van der Waals surface area contributed by atoms with Crippen LogP contribution in [0.1, 0.15) is 30.2 Å². The average molecular weight is 392 g/mol. The monoisotopic (exact) mass is 392 g/mol. The molecule has 0 aliphatic carbocycles. The number of aliphatic hydroxyl groups is 1. The van der Waals surface area contributed by atoms with Gasteiger partial charge < -0.3 is 20.4 Å². The number of amides is 1. The van der Waals surface area contributed by atoms with Crippen molar-refractivity contribution < 1.29 is 19.8 Å². The first-order chi connectivity index (χ1) is 12.7. The van der Waals surface area contributed by atoms with Crippen LogP contribution in [-0.2, 0) is 9.59 Å². The summed E-state index contributed by atoms with van der Waals surface area (Å²) < 4.78 is 0. The normalized spacial score (nSPS) is 17.7. The van der Waals surface area contributed by atoms with Crippen molar-refractivity contribution in [2.45, 2.75) is 39.2 Å². The van der Waals surface area contributed by atoms with Crippen LogP contribution in [0.5, 0.6) is 0 Å². The van der Waals surface area contributed by atoms with Crippen molar-refractivity contribution in [3.8, 4) is 0 Å². The maximum Gasteiger partial charge on any atom is 0.337 e. The predicted octanol–water partition coefficient (Wildman–Crippen LogP) is 1.48. The molecule has 27 heavy (non-hydrogen) atoms. The minimum Gasteiger partial charge on any atom is -0.479 e. The summed E-state index contributed by atoms with van der Waals surface area (Å²) in [4.78, 5) is 36.5. The molecule has 0 radical (unpaired) electrons. The van der Waals surface area contributed by atoms with E-state index < -0.39 is 11.6 Å². The number of thiophene rings is 1. The lowest BCUT2D eigenvalue weighted by Crippen LogP contribution is -2.49. The molecule has 2 aromatic rings.